The van der Waals surface area contributed by atoms with Crippen molar-refractivity contribution in [2.24, 2.45) is 5.92 Å². The second kappa shape index (κ2) is 3.49. The van der Waals surface area contributed by atoms with E-state index in [1.165, 1.54) is 0 Å². The topological polar surface area (TPSA) is 80.9 Å². The third kappa shape index (κ3) is 1.70. The van der Waals surface area contributed by atoms with Crippen LogP contribution in [0.5, 0.6) is 0 Å². The molecule has 1 aliphatic carbocycles. The molecule has 0 aliphatic heterocycles. The molecule has 1 rings (SSSR count). The van der Waals surface area contributed by atoms with E-state index in [9.17, 15) is 5.11 Å². The van der Waals surface area contributed by atoms with Gasteiger partial charge in [0.2, 0.25) is 0 Å². The Labute approximate surface area is 65.1 Å². The van der Waals surface area contributed by atoms with Crippen molar-refractivity contribution in [3.8, 4) is 0 Å². The highest BCUT2D eigenvalue weighted by molar-refractivity contribution is 4.90. The zero-order valence-electron chi connectivity index (χ0n) is 6.22. The van der Waals surface area contributed by atoms with Gasteiger partial charge in [-0.25, -0.2) is 0 Å². The smallest absolute Gasteiger partial charge is 0.106 e. The van der Waals surface area contributed by atoms with E-state index in [1.54, 1.807) is 0 Å². The first-order valence-corrected chi connectivity index (χ1v) is 3.82. The number of aliphatic hydroxyl groups is 4. The van der Waals surface area contributed by atoms with Gasteiger partial charge in [-0.05, 0) is 18.8 Å². The zero-order valence-corrected chi connectivity index (χ0v) is 6.22. The lowest BCUT2D eigenvalue weighted by molar-refractivity contribution is -0.0274. The minimum atomic E-state index is -1.04. The minimum Gasteiger partial charge on any atom is -0.396 e. The monoisotopic (exact) mass is 162 g/mol. The van der Waals surface area contributed by atoms with Crippen molar-refractivity contribution in [3.63, 3.8) is 0 Å². The van der Waals surface area contributed by atoms with E-state index in [2.05, 4.69) is 0 Å². The predicted molar refractivity (Wildman–Crippen MR) is 37.8 cm³/mol. The molecule has 1 saturated carbocycles. The first-order chi connectivity index (χ1) is 5.16. The molecule has 66 valence electrons. The standard InChI is InChI=1S/C7H14O4/c8-2-1-4-3-5(9)7(11)6(4)10/h4-11H,1-3H2/t4-,5-,6+,7+/m1/s1. The molecule has 0 spiro atoms. The summed E-state index contributed by atoms with van der Waals surface area (Å²) in [7, 11) is 0. The van der Waals surface area contributed by atoms with Crippen molar-refractivity contribution >= 4 is 0 Å². The molecule has 0 aromatic carbocycles. The van der Waals surface area contributed by atoms with Crippen molar-refractivity contribution in [3.05, 3.63) is 0 Å². The average molecular weight is 162 g/mol. The van der Waals surface area contributed by atoms with Crippen molar-refractivity contribution in [2.45, 2.75) is 31.2 Å². The minimum absolute atomic E-state index is 0.0127. The fraction of sp³-hybridized carbons (Fsp3) is 1.00. The summed E-state index contributed by atoms with van der Waals surface area (Å²) < 4.78 is 0. The van der Waals surface area contributed by atoms with Crippen molar-refractivity contribution < 1.29 is 20.4 Å². The maximum absolute atomic E-state index is 9.24. The number of hydrogen-bond donors (Lipinski definition) is 4. The molecule has 0 saturated heterocycles. The Morgan fingerprint density at radius 2 is 1.73 bits per heavy atom. The molecule has 0 radical (unpaired) electrons. The average Bonchev–Trinajstić information content (AvgIpc) is 2.19. The van der Waals surface area contributed by atoms with Crippen LogP contribution in [0.1, 0.15) is 12.8 Å². The second-order valence-corrected chi connectivity index (χ2v) is 3.06. The summed E-state index contributed by atoms with van der Waals surface area (Å²) in [6.45, 7) is -0.0127. The Balaban J connectivity index is 2.45. The third-order valence-corrected chi connectivity index (χ3v) is 2.27. The molecule has 4 N–H and O–H groups in total. The fourth-order valence-corrected chi connectivity index (χ4v) is 1.55. The molecule has 4 nitrogen and oxygen atoms in total. The Hall–Kier alpha value is -0.160. The normalized spacial score (nSPS) is 44.7. The zero-order chi connectivity index (χ0) is 8.43. The van der Waals surface area contributed by atoms with Crippen LogP contribution in [-0.2, 0) is 0 Å². The van der Waals surface area contributed by atoms with E-state index >= 15 is 0 Å². The lowest BCUT2D eigenvalue weighted by atomic mass is 10.0. The highest BCUT2D eigenvalue weighted by Gasteiger charge is 2.39. The van der Waals surface area contributed by atoms with E-state index in [4.69, 9.17) is 15.3 Å². The molecule has 1 fully saturated rings. The van der Waals surface area contributed by atoms with Gasteiger partial charge in [0, 0.05) is 6.61 Å². The summed E-state index contributed by atoms with van der Waals surface area (Å²) in [5.41, 5.74) is 0. The molecule has 4 heteroatoms. The number of aliphatic hydroxyl groups excluding tert-OH is 4. The van der Waals surface area contributed by atoms with Crippen LogP contribution in [0.3, 0.4) is 0 Å². The van der Waals surface area contributed by atoms with E-state index in [0.717, 1.165) is 0 Å². The van der Waals surface area contributed by atoms with Crippen LogP contribution in [0.25, 0.3) is 0 Å². The molecular weight excluding hydrogens is 148 g/mol. The van der Waals surface area contributed by atoms with Gasteiger partial charge in [0.1, 0.15) is 6.10 Å². The predicted octanol–water partition coefficient (Wildman–Crippen LogP) is -1.53. The van der Waals surface area contributed by atoms with Gasteiger partial charge in [0.25, 0.3) is 0 Å². The molecule has 0 unspecified atom stereocenters. The molecule has 0 amide bonds. The molecule has 11 heavy (non-hydrogen) atoms. The van der Waals surface area contributed by atoms with Gasteiger partial charge in [-0.2, -0.15) is 0 Å². The van der Waals surface area contributed by atoms with E-state index in [1.807, 2.05) is 0 Å². The largest absolute Gasteiger partial charge is 0.396 e. The molecule has 0 bridgehead atoms. The summed E-state index contributed by atoms with van der Waals surface area (Å²) in [6.07, 6.45) is -1.93. The maximum Gasteiger partial charge on any atom is 0.106 e. The molecule has 0 aromatic rings. The van der Waals surface area contributed by atoms with Crippen LogP contribution in [0.2, 0.25) is 0 Å². The van der Waals surface area contributed by atoms with E-state index in [0.29, 0.717) is 12.8 Å². The van der Waals surface area contributed by atoms with Gasteiger partial charge in [0.15, 0.2) is 0 Å². The molecule has 4 atom stereocenters. The summed E-state index contributed by atoms with van der Waals surface area (Å²) >= 11 is 0. The summed E-state index contributed by atoms with van der Waals surface area (Å²) in [6, 6.07) is 0. The van der Waals surface area contributed by atoms with Crippen LogP contribution in [0.4, 0.5) is 0 Å². The van der Waals surface area contributed by atoms with Crippen LogP contribution in [-0.4, -0.2) is 45.3 Å². The molecule has 0 heterocycles. The lowest BCUT2D eigenvalue weighted by Gasteiger charge is -2.14. The maximum atomic E-state index is 9.24. The van der Waals surface area contributed by atoms with Crippen molar-refractivity contribution in [1.82, 2.24) is 0 Å². The van der Waals surface area contributed by atoms with E-state index in [-0.39, 0.29) is 12.5 Å². The second-order valence-electron chi connectivity index (χ2n) is 3.06. The summed E-state index contributed by atoms with van der Waals surface area (Å²) in [5.74, 6) is -0.162. The van der Waals surface area contributed by atoms with Gasteiger partial charge >= 0.3 is 0 Å². The first kappa shape index (κ1) is 8.93. The fourth-order valence-electron chi connectivity index (χ4n) is 1.55. The Kier molecular flexibility index (Phi) is 2.84. The van der Waals surface area contributed by atoms with Crippen LogP contribution < -0.4 is 0 Å². The highest BCUT2D eigenvalue weighted by Crippen LogP contribution is 2.28. The van der Waals surface area contributed by atoms with Gasteiger partial charge in [-0.15, -0.1) is 0 Å². The van der Waals surface area contributed by atoms with Gasteiger partial charge in [-0.3, -0.25) is 0 Å². The van der Waals surface area contributed by atoms with Crippen LogP contribution in [0.15, 0.2) is 0 Å². The number of rotatable bonds is 2. The summed E-state index contributed by atoms with van der Waals surface area (Å²) in [5, 5.41) is 35.9. The molecule has 1 aliphatic rings. The molecular formula is C7H14O4. The SMILES string of the molecule is OCC[C@@H]1C[C@@H](O)[C@H](O)[C@H]1O. The van der Waals surface area contributed by atoms with Crippen molar-refractivity contribution in [2.75, 3.05) is 6.61 Å². The van der Waals surface area contributed by atoms with E-state index < -0.39 is 18.3 Å². The van der Waals surface area contributed by atoms with Crippen LogP contribution >= 0.6 is 0 Å². The Morgan fingerprint density at radius 1 is 1.09 bits per heavy atom. The highest BCUT2D eigenvalue weighted by atomic mass is 16.4. The van der Waals surface area contributed by atoms with Gasteiger partial charge in [0.05, 0.1) is 12.2 Å². The van der Waals surface area contributed by atoms with Gasteiger partial charge in [-0.1, -0.05) is 0 Å². The third-order valence-electron chi connectivity index (χ3n) is 2.27. The van der Waals surface area contributed by atoms with Crippen LogP contribution in [0, 0.1) is 5.92 Å². The lowest BCUT2D eigenvalue weighted by Crippen LogP contribution is -2.30. The first-order valence-electron chi connectivity index (χ1n) is 3.82. The Morgan fingerprint density at radius 3 is 2.09 bits per heavy atom. The number of hydrogen-bond acceptors (Lipinski definition) is 4. The quantitative estimate of drug-likeness (QED) is 0.397. The Bertz CT molecular complexity index is 128. The van der Waals surface area contributed by atoms with Crippen molar-refractivity contribution in [1.29, 1.82) is 0 Å². The van der Waals surface area contributed by atoms with Gasteiger partial charge < -0.3 is 20.4 Å². The molecule has 0 aromatic heterocycles. The summed E-state index contributed by atoms with van der Waals surface area (Å²) in [4.78, 5) is 0.